The van der Waals surface area contributed by atoms with Crippen molar-refractivity contribution >= 4 is 46.9 Å². The zero-order chi connectivity index (χ0) is 28.7. The molecule has 24 nitrogen and oxygen atoms in total. The molecule has 1 rings (SSSR count). The molecule has 0 amide bonds. The van der Waals surface area contributed by atoms with Gasteiger partial charge in [0.05, 0.1) is 0 Å². The fourth-order valence-corrected chi connectivity index (χ4v) is 6.14. The molecule has 0 heterocycles. The summed E-state index contributed by atoms with van der Waals surface area (Å²) in [5, 5.41) is 0. The maximum Gasteiger partial charge on any atom is 0.470 e. The van der Waals surface area contributed by atoms with Crippen molar-refractivity contribution < 1.29 is 113 Å². The number of phosphoric acid groups is 6. The van der Waals surface area contributed by atoms with Gasteiger partial charge in [0, 0.05) is 0 Å². The van der Waals surface area contributed by atoms with Crippen LogP contribution in [0.2, 0.25) is 0 Å². The van der Waals surface area contributed by atoms with Gasteiger partial charge in [0.25, 0.3) is 0 Å². The van der Waals surface area contributed by atoms with Crippen molar-refractivity contribution in [2.45, 2.75) is 36.6 Å². The maximum absolute atomic E-state index is 11.4. The van der Waals surface area contributed by atoms with Crippen LogP contribution in [0, 0.1) is 0 Å². The predicted molar refractivity (Wildman–Crippen MR) is 102 cm³/mol. The van der Waals surface area contributed by atoms with E-state index in [9.17, 15) is 27.4 Å². The minimum Gasteiger partial charge on any atom is -0.303 e. The second-order valence-corrected chi connectivity index (χ2v) is 13.5. The third kappa shape index (κ3) is 13.1. The van der Waals surface area contributed by atoms with E-state index in [0.29, 0.717) is 0 Å². The molecule has 0 radical (unpaired) electrons. The molecule has 216 valence electrons. The van der Waals surface area contributed by atoms with E-state index < -0.39 is 83.6 Å². The van der Waals surface area contributed by atoms with Crippen LogP contribution in [0.3, 0.4) is 0 Å². The van der Waals surface area contributed by atoms with Crippen LogP contribution in [-0.4, -0.2) is 95.3 Å². The van der Waals surface area contributed by atoms with Gasteiger partial charge in [-0.3, -0.25) is 27.1 Å². The van der Waals surface area contributed by atoms with Crippen molar-refractivity contribution in [3.8, 4) is 0 Å². The highest BCUT2D eigenvalue weighted by Gasteiger charge is 2.62. The second-order valence-electron chi connectivity index (χ2n) is 6.36. The van der Waals surface area contributed by atoms with Gasteiger partial charge in [-0.15, -0.1) is 0 Å². The van der Waals surface area contributed by atoms with Crippen LogP contribution < -0.4 is 0 Å². The lowest BCUT2D eigenvalue weighted by molar-refractivity contribution is -0.202. The summed E-state index contributed by atoms with van der Waals surface area (Å²) < 4.78 is 93.1. The molecule has 0 saturated heterocycles. The normalized spacial score (nSPS) is 29.3. The smallest absolute Gasteiger partial charge is 0.303 e. The Labute approximate surface area is 197 Å². The van der Waals surface area contributed by atoms with Gasteiger partial charge in [0.1, 0.15) is 36.6 Å². The van der Waals surface area contributed by atoms with E-state index in [-0.39, 0.29) is 0 Å². The summed E-state index contributed by atoms with van der Waals surface area (Å²) in [5.41, 5.74) is 0. The van der Waals surface area contributed by atoms with Crippen LogP contribution in [-0.2, 0) is 54.5 Å². The Morgan fingerprint density at radius 2 is 0.361 bits per heavy atom. The molecule has 0 aromatic heterocycles. The van der Waals surface area contributed by atoms with Crippen molar-refractivity contribution in [2.75, 3.05) is 0 Å². The average molecular weight is 660 g/mol. The van der Waals surface area contributed by atoms with Gasteiger partial charge < -0.3 is 58.7 Å². The monoisotopic (exact) mass is 660 g/mol. The zero-order valence-corrected chi connectivity index (χ0v) is 21.8. The molecular formula is C6H18O24P6. The standard InChI is InChI=1S/C6H18O24P6/c7-31(8,9)25-1-2(26-32(10,11)12)4(28-34(16,17)18)6(30-36(22,23)24)5(29-35(19,20)21)3(1)27-33(13,14)15/h1-6H,(H2,7,8,9)(H2,10,11,12)(H2,13,14,15)(H2,16,17,18)(H2,19,20,21)(H2,22,23,24)/t1-,2-,3?,4?,5+,6?/m1/s1. The van der Waals surface area contributed by atoms with Crippen LogP contribution in [0.1, 0.15) is 0 Å². The van der Waals surface area contributed by atoms with Gasteiger partial charge in [0.2, 0.25) is 0 Å². The molecule has 0 atom stereocenters. The summed E-state index contributed by atoms with van der Waals surface area (Å²) in [7, 11) is -36.1. The molecule has 30 heteroatoms. The summed E-state index contributed by atoms with van der Waals surface area (Å²) in [6.45, 7) is 0. The van der Waals surface area contributed by atoms with Crippen molar-refractivity contribution in [1.82, 2.24) is 0 Å². The number of hydrogen-bond donors (Lipinski definition) is 12. The van der Waals surface area contributed by atoms with E-state index in [2.05, 4.69) is 27.1 Å². The van der Waals surface area contributed by atoms with Gasteiger partial charge in [-0.25, -0.2) is 27.4 Å². The quantitative estimate of drug-likeness (QED) is 0.0920. The van der Waals surface area contributed by atoms with Crippen molar-refractivity contribution in [3.05, 3.63) is 0 Å². The summed E-state index contributed by atoms with van der Waals surface area (Å²) in [6.07, 6.45) is -18.9. The topological polar surface area (TPSA) is 401 Å². The average Bonchev–Trinajstić information content (AvgIpc) is 2.51. The van der Waals surface area contributed by atoms with Gasteiger partial charge >= 0.3 is 46.9 Å². The lowest BCUT2D eigenvalue weighted by atomic mass is 9.85. The molecule has 0 spiro atoms. The highest BCUT2D eigenvalue weighted by atomic mass is 31.2. The lowest BCUT2D eigenvalue weighted by Crippen LogP contribution is -2.66. The summed E-state index contributed by atoms with van der Waals surface area (Å²) in [5.74, 6) is 0. The Kier molecular flexibility index (Phi) is 11.2. The lowest BCUT2D eigenvalue weighted by Gasteiger charge is -2.48. The predicted octanol–water partition coefficient (Wildman–Crippen LogP) is -3.13. The van der Waals surface area contributed by atoms with E-state index >= 15 is 0 Å². The third-order valence-electron chi connectivity index (χ3n) is 3.50. The first kappa shape index (κ1) is 34.7. The Morgan fingerprint density at radius 1 is 0.278 bits per heavy atom. The number of hydrogen-bond acceptors (Lipinski definition) is 12. The molecule has 0 bridgehead atoms. The van der Waals surface area contributed by atoms with Crippen LogP contribution in [0.4, 0.5) is 0 Å². The number of rotatable bonds is 12. The third-order valence-corrected chi connectivity index (χ3v) is 6.61. The molecule has 1 saturated carbocycles. The van der Waals surface area contributed by atoms with E-state index in [4.69, 9.17) is 58.7 Å². The first-order chi connectivity index (χ1) is 15.6. The van der Waals surface area contributed by atoms with Crippen molar-refractivity contribution in [2.24, 2.45) is 0 Å². The Bertz CT molecular complexity index is 818. The van der Waals surface area contributed by atoms with Gasteiger partial charge in [-0.05, 0) is 0 Å². The fraction of sp³-hybridized carbons (Fsp3) is 1.00. The first-order valence-electron chi connectivity index (χ1n) is 8.01. The molecule has 1 aliphatic rings. The van der Waals surface area contributed by atoms with E-state index in [1.54, 1.807) is 0 Å². The Balaban J connectivity index is 4.04. The second kappa shape index (κ2) is 11.6. The van der Waals surface area contributed by atoms with Crippen LogP contribution in [0.15, 0.2) is 0 Å². The zero-order valence-electron chi connectivity index (χ0n) is 16.4. The molecule has 1 aliphatic carbocycles. The minimum atomic E-state index is -6.02. The minimum absolute atomic E-state index is 3.14. The molecule has 1 fully saturated rings. The molecule has 0 unspecified atom stereocenters. The van der Waals surface area contributed by atoms with Crippen LogP contribution in [0.25, 0.3) is 0 Å². The summed E-state index contributed by atoms with van der Waals surface area (Å²) >= 11 is 0. The van der Waals surface area contributed by atoms with Gasteiger partial charge in [-0.2, -0.15) is 0 Å². The van der Waals surface area contributed by atoms with Crippen LogP contribution in [0.5, 0.6) is 0 Å². The van der Waals surface area contributed by atoms with Crippen molar-refractivity contribution in [1.29, 1.82) is 0 Å². The van der Waals surface area contributed by atoms with E-state index in [0.717, 1.165) is 0 Å². The Morgan fingerprint density at radius 3 is 0.417 bits per heavy atom. The van der Waals surface area contributed by atoms with E-state index in [1.165, 1.54) is 0 Å². The largest absolute Gasteiger partial charge is 0.470 e. The highest BCUT2D eigenvalue weighted by molar-refractivity contribution is 7.47. The van der Waals surface area contributed by atoms with Crippen molar-refractivity contribution in [3.63, 3.8) is 0 Å². The highest BCUT2D eigenvalue weighted by Crippen LogP contribution is 2.57. The first-order valence-corrected chi connectivity index (χ1v) is 17.2. The Hall–Kier alpha value is 0.660. The molecule has 0 aromatic rings. The van der Waals surface area contributed by atoms with E-state index in [1.807, 2.05) is 0 Å². The SMILES string of the molecule is O=P(O)(O)OC1C(OP(=O)(O)O)[C@H](OP(=O)(O)O)[C@@H](OP(=O)(O)O)C(OP(=O)(O)O)[C@@H]1OP(=O)(O)O. The molecular weight excluding hydrogens is 642 g/mol. The van der Waals surface area contributed by atoms with Gasteiger partial charge in [-0.1, -0.05) is 0 Å². The summed E-state index contributed by atoms with van der Waals surface area (Å²) in [6, 6.07) is 0. The molecule has 0 aliphatic heterocycles. The maximum atomic E-state index is 11.4. The fourth-order valence-electron chi connectivity index (χ4n) is 2.79. The summed E-state index contributed by atoms with van der Waals surface area (Å²) in [4.78, 5) is 110. The molecule has 0 aromatic carbocycles. The molecule has 36 heavy (non-hydrogen) atoms. The van der Waals surface area contributed by atoms with Crippen LogP contribution >= 0.6 is 46.9 Å². The molecule has 12 N–H and O–H groups in total. The number of phosphoric ester groups is 6. The van der Waals surface area contributed by atoms with Gasteiger partial charge in [0.15, 0.2) is 0 Å².